The standard InChI is InChI=1S/C12H15.Ru/c1-10(2)8-11(3)9-12-6-4-5-7-12;/h4-6,8H,7H2,1-3H3;/q-1;+1. The molecule has 1 aliphatic rings. The van der Waals surface area contributed by atoms with Crippen LogP contribution in [0.2, 0.25) is 0 Å². The second kappa shape index (κ2) is 6.10. The van der Waals surface area contributed by atoms with Gasteiger partial charge >= 0.3 is 19.5 Å². The summed E-state index contributed by atoms with van der Waals surface area (Å²) in [5.74, 6) is 0. The molecule has 0 aromatic carbocycles. The van der Waals surface area contributed by atoms with Crippen LogP contribution in [0.25, 0.3) is 0 Å². The zero-order valence-electron chi connectivity index (χ0n) is 8.37. The fourth-order valence-corrected chi connectivity index (χ4v) is 1.26. The van der Waals surface area contributed by atoms with Crippen LogP contribution in [0.5, 0.6) is 0 Å². The summed E-state index contributed by atoms with van der Waals surface area (Å²) in [6.45, 7) is 6.30. The van der Waals surface area contributed by atoms with Crippen molar-refractivity contribution in [1.29, 1.82) is 0 Å². The molecule has 0 atom stereocenters. The molecule has 0 unspecified atom stereocenters. The van der Waals surface area contributed by atoms with Gasteiger partial charge in [0.25, 0.3) is 0 Å². The van der Waals surface area contributed by atoms with E-state index >= 15 is 0 Å². The minimum Gasteiger partial charge on any atom is -0.177 e. The molecule has 0 nitrogen and oxygen atoms in total. The normalized spacial score (nSPS) is 15.0. The summed E-state index contributed by atoms with van der Waals surface area (Å²) in [5, 5.41) is 0. The zero-order valence-corrected chi connectivity index (χ0v) is 10.1. The van der Waals surface area contributed by atoms with E-state index < -0.39 is 0 Å². The molecule has 1 aliphatic carbocycles. The van der Waals surface area contributed by atoms with E-state index in [1.165, 1.54) is 16.7 Å². The molecule has 0 aliphatic heterocycles. The fraction of sp³-hybridized carbons (Fsp3) is 0.333. The number of rotatable bonds is 2. The van der Waals surface area contributed by atoms with E-state index in [2.05, 4.69) is 51.2 Å². The van der Waals surface area contributed by atoms with E-state index in [1.54, 1.807) is 0 Å². The van der Waals surface area contributed by atoms with Gasteiger partial charge in [-0.1, -0.05) is 26.8 Å². The van der Waals surface area contributed by atoms with Gasteiger partial charge < -0.3 is 0 Å². The van der Waals surface area contributed by atoms with Gasteiger partial charge in [0.2, 0.25) is 0 Å². The van der Waals surface area contributed by atoms with E-state index in [0.717, 1.165) is 6.42 Å². The third-order valence-electron chi connectivity index (χ3n) is 1.63. The Balaban J connectivity index is 0.00000144. The average molecular weight is 260 g/mol. The van der Waals surface area contributed by atoms with Gasteiger partial charge in [0.15, 0.2) is 0 Å². The Morgan fingerprint density at radius 1 is 1.38 bits per heavy atom. The van der Waals surface area contributed by atoms with Crippen molar-refractivity contribution in [2.75, 3.05) is 0 Å². The molecule has 0 saturated carbocycles. The van der Waals surface area contributed by atoms with Gasteiger partial charge in [-0.25, -0.2) is 0 Å². The smallest absolute Gasteiger partial charge is 0.177 e. The van der Waals surface area contributed by atoms with E-state index in [-0.39, 0.29) is 19.5 Å². The predicted octanol–water partition coefficient (Wildman–Crippen LogP) is 3.59. The SMILES string of the molecule is CC(=[C-]C1=CC=CC1)C=C(C)C.[Ru+]. The summed E-state index contributed by atoms with van der Waals surface area (Å²) in [5.41, 5.74) is 3.82. The summed E-state index contributed by atoms with van der Waals surface area (Å²) in [6, 6.07) is 0. The van der Waals surface area contributed by atoms with Gasteiger partial charge in [-0.3, -0.25) is 0 Å². The van der Waals surface area contributed by atoms with Crippen molar-refractivity contribution in [3.05, 3.63) is 47.1 Å². The third kappa shape index (κ3) is 5.00. The van der Waals surface area contributed by atoms with Gasteiger partial charge in [0, 0.05) is 0 Å². The van der Waals surface area contributed by atoms with E-state index in [4.69, 9.17) is 0 Å². The Morgan fingerprint density at radius 3 is 2.54 bits per heavy atom. The van der Waals surface area contributed by atoms with Gasteiger partial charge in [-0.05, 0) is 6.42 Å². The summed E-state index contributed by atoms with van der Waals surface area (Å²) < 4.78 is 0. The summed E-state index contributed by atoms with van der Waals surface area (Å²) >= 11 is 0. The first-order valence-electron chi connectivity index (χ1n) is 4.29. The number of allylic oxidation sites excluding steroid dienone is 8. The van der Waals surface area contributed by atoms with E-state index in [9.17, 15) is 0 Å². The van der Waals surface area contributed by atoms with Crippen LogP contribution in [0.4, 0.5) is 0 Å². The maximum atomic E-state index is 3.35. The van der Waals surface area contributed by atoms with Gasteiger partial charge in [-0.2, -0.15) is 29.4 Å². The first-order chi connectivity index (χ1) is 5.68. The molecule has 0 heterocycles. The van der Waals surface area contributed by atoms with Crippen LogP contribution < -0.4 is 0 Å². The molecule has 71 valence electrons. The van der Waals surface area contributed by atoms with Crippen LogP contribution in [0.15, 0.2) is 41.0 Å². The van der Waals surface area contributed by atoms with Crippen molar-refractivity contribution >= 4 is 0 Å². The molecule has 1 heteroatoms. The molecule has 0 bridgehead atoms. The van der Waals surface area contributed by atoms with Crippen molar-refractivity contribution in [2.45, 2.75) is 27.2 Å². The van der Waals surface area contributed by atoms with Gasteiger partial charge in [0.05, 0.1) is 0 Å². The quantitative estimate of drug-likeness (QED) is 0.404. The Hall–Kier alpha value is -0.417. The van der Waals surface area contributed by atoms with Crippen LogP contribution in [-0.2, 0) is 19.5 Å². The molecular weight excluding hydrogens is 245 g/mol. The maximum absolute atomic E-state index is 3.35. The van der Waals surface area contributed by atoms with Crippen LogP contribution in [0.3, 0.4) is 0 Å². The summed E-state index contributed by atoms with van der Waals surface area (Å²) in [6.07, 6.45) is 12.9. The minimum absolute atomic E-state index is 0. The zero-order chi connectivity index (χ0) is 8.97. The second-order valence-corrected chi connectivity index (χ2v) is 3.35. The molecule has 13 heavy (non-hydrogen) atoms. The van der Waals surface area contributed by atoms with Crippen molar-refractivity contribution in [3.63, 3.8) is 0 Å². The van der Waals surface area contributed by atoms with Crippen LogP contribution >= 0.6 is 0 Å². The van der Waals surface area contributed by atoms with E-state index in [1.807, 2.05) is 0 Å². The Labute approximate surface area is 93.9 Å². The topological polar surface area (TPSA) is 0 Å². The summed E-state index contributed by atoms with van der Waals surface area (Å²) in [4.78, 5) is 0. The first-order valence-corrected chi connectivity index (χ1v) is 4.29. The minimum atomic E-state index is 0. The molecule has 0 aromatic heterocycles. The van der Waals surface area contributed by atoms with Gasteiger partial charge in [-0.15, -0.1) is 11.6 Å². The molecule has 0 aromatic rings. The Bertz CT molecular complexity index is 273. The molecular formula is C12H15Ru. The third-order valence-corrected chi connectivity index (χ3v) is 1.63. The Kier molecular flexibility index (Phi) is 5.91. The predicted molar refractivity (Wildman–Crippen MR) is 53.7 cm³/mol. The number of hydrogen-bond donors (Lipinski definition) is 0. The van der Waals surface area contributed by atoms with Crippen LogP contribution in [0.1, 0.15) is 27.2 Å². The van der Waals surface area contributed by atoms with Crippen LogP contribution in [-0.4, -0.2) is 0 Å². The maximum Gasteiger partial charge on any atom is 1.00 e. The van der Waals surface area contributed by atoms with Gasteiger partial charge in [0.1, 0.15) is 0 Å². The van der Waals surface area contributed by atoms with Crippen molar-refractivity contribution < 1.29 is 19.5 Å². The monoisotopic (exact) mass is 261 g/mol. The van der Waals surface area contributed by atoms with Crippen LogP contribution in [0, 0.1) is 6.08 Å². The van der Waals surface area contributed by atoms with Crippen molar-refractivity contribution in [2.24, 2.45) is 0 Å². The molecule has 0 saturated heterocycles. The molecule has 1 radical (unpaired) electrons. The average Bonchev–Trinajstić information content (AvgIpc) is 2.37. The molecule has 1 rings (SSSR count). The van der Waals surface area contributed by atoms with E-state index in [0.29, 0.717) is 0 Å². The second-order valence-electron chi connectivity index (χ2n) is 3.35. The largest absolute Gasteiger partial charge is 1.00 e. The fourth-order valence-electron chi connectivity index (χ4n) is 1.26. The summed E-state index contributed by atoms with van der Waals surface area (Å²) in [7, 11) is 0. The number of hydrogen-bond acceptors (Lipinski definition) is 0. The molecule has 0 N–H and O–H groups in total. The van der Waals surface area contributed by atoms with Crippen molar-refractivity contribution in [3.8, 4) is 0 Å². The molecule has 0 fully saturated rings. The Morgan fingerprint density at radius 2 is 2.08 bits per heavy atom. The molecule has 0 spiro atoms. The molecule has 0 amide bonds. The first kappa shape index (κ1) is 12.6. The van der Waals surface area contributed by atoms with Crippen molar-refractivity contribution in [1.82, 2.24) is 0 Å².